The third-order valence-electron chi connectivity index (χ3n) is 3.44. The minimum absolute atomic E-state index is 0.301. The van der Waals surface area contributed by atoms with Crippen LogP contribution in [-0.2, 0) is 6.54 Å². The molecule has 0 bridgehead atoms. The van der Waals surface area contributed by atoms with Crippen molar-refractivity contribution in [1.29, 1.82) is 0 Å². The number of likely N-dealkylation sites (tertiary alicyclic amines) is 1. The maximum atomic E-state index is 5.29. The second kappa shape index (κ2) is 5.52. The summed E-state index contributed by atoms with van der Waals surface area (Å²) in [7, 11) is 0. The van der Waals surface area contributed by atoms with Crippen molar-refractivity contribution in [2.75, 3.05) is 13.1 Å². The maximum Gasteiger partial charge on any atom is 0.284 e. The molecule has 3 heterocycles. The molecule has 0 aliphatic carbocycles. The highest BCUT2D eigenvalue weighted by atomic mass is 32.1. The molecule has 7 heteroatoms. The van der Waals surface area contributed by atoms with E-state index in [1.54, 1.807) is 17.5 Å². The maximum absolute atomic E-state index is 5.29. The first-order valence-corrected chi connectivity index (χ1v) is 7.66. The number of piperidine rings is 1. The van der Waals surface area contributed by atoms with Gasteiger partial charge in [-0.15, -0.1) is 16.4 Å². The molecule has 1 N–H and O–H groups in total. The molecular formula is C12H16N4OS2. The van der Waals surface area contributed by atoms with Crippen LogP contribution in [0.4, 0.5) is 0 Å². The van der Waals surface area contributed by atoms with Gasteiger partial charge in [0.2, 0.25) is 0 Å². The molecule has 0 amide bonds. The molecule has 1 aliphatic heterocycles. The highest BCUT2D eigenvalue weighted by molar-refractivity contribution is 7.71. The summed E-state index contributed by atoms with van der Waals surface area (Å²) in [5, 5.41) is 7.75. The summed E-state index contributed by atoms with van der Waals surface area (Å²) in [4.78, 5) is 8.13. The van der Waals surface area contributed by atoms with Crippen LogP contribution in [0.25, 0.3) is 10.8 Å². The van der Waals surface area contributed by atoms with Gasteiger partial charge in [-0.2, -0.15) is 0 Å². The minimum atomic E-state index is 0.301. The number of hydrogen-bond donors (Lipinski definition) is 1. The average Bonchev–Trinajstić information content (AvgIpc) is 3.01. The number of aromatic nitrogens is 3. The number of nitrogens with zero attached hydrogens (tertiary/aromatic N) is 3. The fourth-order valence-electron chi connectivity index (χ4n) is 2.23. The van der Waals surface area contributed by atoms with Gasteiger partial charge in [0.25, 0.3) is 10.7 Å². The lowest BCUT2D eigenvalue weighted by Gasteiger charge is -2.29. The second-order valence-electron chi connectivity index (χ2n) is 5.00. The summed E-state index contributed by atoms with van der Waals surface area (Å²) in [6, 6.07) is 0. The molecule has 102 valence electrons. The summed E-state index contributed by atoms with van der Waals surface area (Å²) in [5.41, 5.74) is 0. The van der Waals surface area contributed by atoms with Crippen molar-refractivity contribution in [3.05, 3.63) is 16.0 Å². The monoisotopic (exact) mass is 296 g/mol. The Labute approximate surface area is 120 Å². The zero-order valence-corrected chi connectivity index (χ0v) is 12.4. The Balaban J connectivity index is 1.66. The molecule has 1 saturated heterocycles. The van der Waals surface area contributed by atoms with Gasteiger partial charge < -0.3 is 4.42 Å². The zero-order chi connectivity index (χ0) is 13.2. The summed E-state index contributed by atoms with van der Waals surface area (Å²) in [6.07, 6.45) is 4.37. The molecule has 0 atom stereocenters. The van der Waals surface area contributed by atoms with E-state index in [0.29, 0.717) is 10.7 Å². The van der Waals surface area contributed by atoms with Crippen LogP contribution in [0.1, 0.15) is 24.8 Å². The molecule has 0 spiro atoms. The van der Waals surface area contributed by atoms with Crippen LogP contribution in [0.2, 0.25) is 0 Å². The van der Waals surface area contributed by atoms with Gasteiger partial charge in [-0.1, -0.05) is 6.92 Å². The normalized spacial score (nSPS) is 17.9. The van der Waals surface area contributed by atoms with Crippen LogP contribution in [0.15, 0.2) is 10.6 Å². The Kier molecular flexibility index (Phi) is 3.76. The van der Waals surface area contributed by atoms with E-state index in [1.807, 2.05) is 0 Å². The Bertz CT molecular complexity index is 595. The minimum Gasteiger partial charge on any atom is -0.408 e. The van der Waals surface area contributed by atoms with E-state index in [-0.39, 0.29) is 0 Å². The van der Waals surface area contributed by atoms with Crippen molar-refractivity contribution >= 4 is 23.6 Å². The summed E-state index contributed by atoms with van der Waals surface area (Å²) >= 11 is 6.49. The van der Waals surface area contributed by atoms with Gasteiger partial charge in [0.15, 0.2) is 0 Å². The van der Waals surface area contributed by atoms with Crippen molar-refractivity contribution in [2.45, 2.75) is 26.3 Å². The van der Waals surface area contributed by atoms with Gasteiger partial charge in [-0.05, 0) is 44.1 Å². The molecule has 0 saturated carbocycles. The van der Waals surface area contributed by atoms with Crippen molar-refractivity contribution in [3.8, 4) is 10.8 Å². The van der Waals surface area contributed by atoms with Crippen LogP contribution in [-0.4, -0.2) is 33.2 Å². The molecule has 2 aromatic heterocycles. The number of hydrogen-bond acceptors (Lipinski definition) is 6. The van der Waals surface area contributed by atoms with Crippen LogP contribution in [0, 0.1) is 10.8 Å². The Morgan fingerprint density at radius 2 is 2.32 bits per heavy atom. The molecular weight excluding hydrogens is 280 g/mol. The van der Waals surface area contributed by atoms with Gasteiger partial charge in [0, 0.05) is 0 Å². The van der Waals surface area contributed by atoms with Gasteiger partial charge in [-0.3, -0.25) is 4.90 Å². The van der Waals surface area contributed by atoms with Gasteiger partial charge >= 0.3 is 0 Å². The van der Waals surface area contributed by atoms with Crippen LogP contribution in [0.5, 0.6) is 0 Å². The molecule has 0 unspecified atom stereocenters. The van der Waals surface area contributed by atoms with Crippen molar-refractivity contribution in [1.82, 2.24) is 20.1 Å². The topological polar surface area (TPSA) is 58.0 Å². The smallest absolute Gasteiger partial charge is 0.284 e. The fourth-order valence-corrected chi connectivity index (χ4v) is 3.24. The predicted octanol–water partition coefficient (Wildman–Crippen LogP) is 3.09. The number of rotatable bonds is 3. The number of aromatic amines is 1. The van der Waals surface area contributed by atoms with E-state index in [4.69, 9.17) is 16.6 Å². The van der Waals surface area contributed by atoms with E-state index >= 15 is 0 Å². The first-order valence-electron chi connectivity index (χ1n) is 6.43. The molecule has 1 aliphatic rings. The number of H-pyrrole nitrogens is 1. The van der Waals surface area contributed by atoms with Crippen LogP contribution < -0.4 is 0 Å². The lowest BCUT2D eigenvalue weighted by molar-refractivity contribution is 0.185. The largest absolute Gasteiger partial charge is 0.408 e. The molecule has 2 aromatic rings. The summed E-state index contributed by atoms with van der Waals surface area (Å²) in [6.45, 7) is 5.57. The predicted molar refractivity (Wildman–Crippen MR) is 76.5 cm³/mol. The summed E-state index contributed by atoms with van der Waals surface area (Å²) in [5.74, 6) is 1.39. The molecule has 19 heavy (non-hydrogen) atoms. The quantitative estimate of drug-likeness (QED) is 0.882. The lowest BCUT2D eigenvalue weighted by Crippen LogP contribution is -2.32. The molecule has 5 nitrogen and oxygen atoms in total. The number of thiazole rings is 1. The Hall–Kier alpha value is -1.05. The summed E-state index contributed by atoms with van der Waals surface area (Å²) < 4.78 is 5.29. The highest BCUT2D eigenvalue weighted by Gasteiger charge is 2.17. The third kappa shape index (κ3) is 3.10. The molecule has 0 aromatic carbocycles. The Morgan fingerprint density at radius 1 is 1.53 bits per heavy atom. The first-order chi connectivity index (χ1) is 9.20. The van der Waals surface area contributed by atoms with Gasteiger partial charge in [0.1, 0.15) is 9.88 Å². The van der Waals surface area contributed by atoms with E-state index in [0.717, 1.165) is 22.3 Å². The van der Waals surface area contributed by atoms with E-state index in [9.17, 15) is 0 Å². The van der Waals surface area contributed by atoms with Crippen LogP contribution >= 0.6 is 23.6 Å². The van der Waals surface area contributed by atoms with E-state index in [1.165, 1.54) is 25.9 Å². The molecule has 1 fully saturated rings. The zero-order valence-electron chi connectivity index (χ0n) is 10.8. The molecule has 0 radical (unpaired) electrons. The first kappa shape index (κ1) is 13.0. The Morgan fingerprint density at radius 3 is 3.00 bits per heavy atom. The second-order valence-corrected chi connectivity index (χ2v) is 6.48. The SMILES string of the molecule is CC1CCN(Cc2ncc(-c3n[nH]c(=S)o3)s2)CC1. The highest BCUT2D eigenvalue weighted by Crippen LogP contribution is 2.26. The van der Waals surface area contributed by atoms with E-state index < -0.39 is 0 Å². The standard InChI is InChI=1S/C12H16N4OS2/c1-8-2-4-16(5-3-8)7-10-13-6-9(19-10)11-14-15-12(18)17-11/h6,8H,2-5,7H2,1H3,(H,15,18). The number of nitrogens with one attached hydrogen (secondary N) is 1. The van der Waals surface area contributed by atoms with E-state index in [2.05, 4.69) is 27.0 Å². The van der Waals surface area contributed by atoms with Gasteiger partial charge in [-0.25, -0.2) is 10.1 Å². The van der Waals surface area contributed by atoms with Crippen molar-refractivity contribution in [2.24, 2.45) is 5.92 Å². The van der Waals surface area contributed by atoms with Crippen molar-refractivity contribution in [3.63, 3.8) is 0 Å². The van der Waals surface area contributed by atoms with Gasteiger partial charge in [0.05, 0.1) is 12.7 Å². The lowest BCUT2D eigenvalue weighted by atomic mass is 9.99. The van der Waals surface area contributed by atoms with Crippen molar-refractivity contribution < 1.29 is 4.42 Å². The average molecular weight is 296 g/mol. The fraction of sp³-hybridized carbons (Fsp3) is 0.583. The third-order valence-corrected chi connectivity index (χ3v) is 4.58. The van der Waals surface area contributed by atoms with Crippen LogP contribution in [0.3, 0.4) is 0 Å². The molecule has 3 rings (SSSR count).